The number of halogens is 2. The van der Waals surface area contributed by atoms with E-state index in [2.05, 4.69) is 0 Å². The minimum absolute atomic E-state index is 0.0459. The van der Waals surface area contributed by atoms with Crippen LogP contribution in [0.15, 0.2) is 18.3 Å². The average molecular weight is 329 g/mol. The van der Waals surface area contributed by atoms with Crippen molar-refractivity contribution in [3.8, 4) is 0 Å². The van der Waals surface area contributed by atoms with Gasteiger partial charge in [-0.1, -0.05) is 11.6 Å². The van der Waals surface area contributed by atoms with E-state index in [0.29, 0.717) is 10.9 Å². The van der Waals surface area contributed by atoms with Crippen LogP contribution in [0.25, 0.3) is 10.9 Å². The third kappa shape index (κ3) is 3.58. The van der Waals surface area contributed by atoms with Crippen LogP contribution in [0.3, 0.4) is 0 Å². The van der Waals surface area contributed by atoms with Crippen LogP contribution < -0.4 is 5.73 Å². The van der Waals surface area contributed by atoms with Crippen LogP contribution in [0.5, 0.6) is 0 Å². The molecule has 0 radical (unpaired) electrons. The summed E-state index contributed by atoms with van der Waals surface area (Å²) in [6.07, 6.45) is -0.480. The van der Waals surface area contributed by atoms with E-state index >= 15 is 0 Å². The van der Waals surface area contributed by atoms with Crippen molar-refractivity contribution in [3.63, 3.8) is 0 Å². The molecule has 0 spiro atoms. The lowest BCUT2D eigenvalue weighted by atomic mass is 10.1. The fourth-order valence-electron chi connectivity index (χ4n) is 2.09. The Morgan fingerprint density at radius 1 is 1.50 bits per heavy atom. The molecule has 2 aromatic rings. The minimum Gasteiger partial charge on any atom is -0.443 e. The van der Waals surface area contributed by atoms with Gasteiger partial charge in [-0.3, -0.25) is 4.57 Å². The second kappa shape index (κ2) is 5.87. The van der Waals surface area contributed by atoms with Crippen molar-refractivity contribution in [2.45, 2.75) is 39.0 Å². The Labute approximate surface area is 132 Å². The first-order chi connectivity index (χ1) is 10.1. The number of aromatic nitrogens is 1. The standard InChI is InChI=1S/C15H18ClFN2O3/c1-15(2,3)22-14(21)19-7-10(16)9-4-8(5-13(18)20)11(17)6-12(9)19/h4,6-7,13,20H,5,18H2,1-3H3. The lowest BCUT2D eigenvalue weighted by Gasteiger charge is -2.19. The van der Waals surface area contributed by atoms with Crippen molar-refractivity contribution in [3.05, 3.63) is 34.7 Å². The molecule has 0 saturated heterocycles. The fraction of sp³-hybridized carbons (Fsp3) is 0.400. The Kier molecular flexibility index (Phi) is 4.47. The van der Waals surface area contributed by atoms with Gasteiger partial charge in [-0.25, -0.2) is 9.18 Å². The van der Waals surface area contributed by atoms with Crippen LogP contribution in [-0.2, 0) is 11.2 Å². The number of hydrogen-bond donors (Lipinski definition) is 2. The zero-order chi connectivity index (χ0) is 16.7. The van der Waals surface area contributed by atoms with Crippen LogP contribution in [0.4, 0.5) is 9.18 Å². The fourth-order valence-corrected chi connectivity index (χ4v) is 2.34. The Bertz CT molecular complexity index is 720. The number of carbonyl (C=O) groups is 1. The number of aliphatic hydroxyl groups excluding tert-OH is 1. The van der Waals surface area contributed by atoms with Crippen LogP contribution in [0, 0.1) is 5.82 Å². The molecule has 120 valence electrons. The number of benzene rings is 1. The highest BCUT2D eigenvalue weighted by Crippen LogP contribution is 2.29. The number of carbonyl (C=O) groups excluding carboxylic acids is 1. The summed E-state index contributed by atoms with van der Waals surface area (Å²) in [6.45, 7) is 5.21. The zero-order valence-corrected chi connectivity index (χ0v) is 13.3. The van der Waals surface area contributed by atoms with E-state index in [0.717, 1.165) is 4.57 Å². The number of hydrogen-bond acceptors (Lipinski definition) is 4. The summed E-state index contributed by atoms with van der Waals surface area (Å²) < 4.78 is 20.5. The van der Waals surface area contributed by atoms with Crippen LogP contribution in [0.2, 0.25) is 5.02 Å². The van der Waals surface area contributed by atoms with Gasteiger partial charge in [-0.15, -0.1) is 0 Å². The molecule has 7 heteroatoms. The maximum atomic E-state index is 14.1. The quantitative estimate of drug-likeness (QED) is 0.831. The van der Waals surface area contributed by atoms with Gasteiger partial charge in [0, 0.05) is 18.0 Å². The molecule has 0 saturated carbocycles. The molecule has 5 nitrogen and oxygen atoms in total. The normalized spacial score (nSPS) is 13.4. The molecule has 1 unspecified atom stereocenters. The van der Waals surface area contributed by atoms with Gasteiger partial charge in [-0.2, -0.15) is 0 Å². The van der Waals surface area contributed by atoms with Crippen LogP contribution in [0.1, 0.15) is 26.3 Å². The first kappa shape index (κ1) is 16.7. The van der Waals surface area contributed by atoms with Crippen molar-refractivity contribution in [1.29, 1.82) is 0 Å². The largest absolute Gasteiger partial charge is 0.443 e. The molecule has 22 heavy (non-hydrogen) atoms. The molecule has 3 N–H and O–H groups in total. The molecular formula is C15H18ClFN2O3. The first-order valence-electron chi connectivity index (χ1n) is 6.74. The summed E-state index contributed by atoms with van der Waals surface area (Å²) in [5, 5.41) is 9.97. The van der Waals surface area contributed by atoms with E-state index in [4.69, 9.17) is 22.1 Å². The summed E-state index contributed by atoms with van der Waals surface area (Å²) in [7, 11) is 0. The van der Waals surface area contributed by atoms with Gasteiger partial charge in [0.15, 0.2) is 0 Å². The van der Waals surface area contributed by atoms with Crippen LogP contribution >= 0.6 is 11.6 Å². The van der Waals surface area contributed by atoms with E-state index < -0.39 is 23.7 Å². The monoisotopic (exact) mass is 328 g/mol. The topological polar surface area (TPSA) is 77.5 Å². The number of rotatable bonds is 2. The van der Waals surface area contributed by atoms with E-state index in [-0.39, 0.29) is 17.0 Å². The highest BCUT2D eigenvalue weighted by molar-refractivity contribution is 6.36. The van der Waals surface area contributed by atoms with Gasteiger partial charge >= 0.3 is 6.09 Å². The molecule has 1 aromatic heterocycles. The van der Waals surface area contributed by atoms with Gasteiger partial charge in [0.05, 0.1) is 10.5 Å². The van der Waals surface area contributed by atoms with Crippen molar-refractivity contribution in [2.75, 3.05) is 0 Å². The molecule has 0 fully saturated rings. The minimum atomic E-state index is -1.17. The summed E-state index contributed by atoms with van der Waals surface area (Å²) in [5.74, 6) is -0.573. The van der Waals surface area contributed by atoms with Crippen LogP contribution in [-0.4, -0.2) is 27.6 Å². The molecule has 0 amide bonds. The highest BCUT2D eigenvalue weighted by Gasteiger charge is 2.21. The maximum Gasteiger partial charge on any atom is 0.419 e. The molecule has 0 aliphatic heterocycles. The van der Waals surface area contributed by atoms with Gasteiger partial charge < -0.3 is 15.6 Å². The Hall–Kier alpha value is -1.63. The Morgan fingerprint density at radius 2 is 2.14 bits per heavy atom. The SMILES string of the molecule is CC(C)(C)OC(=O)n1cc(Cl)c2cc(CC(N)O)c(F)cc21. The first-order valence-corrected chi connectivity index (χ1v) is 7.12. The van der Waals surface area contributed by atoms with E-state index in [1.54, 1.807) is 20.8 Å². The molecule has 1 aromatic carbocycles. The predicted octanol–water partition coefficient (Wildman–Crippen LogP) is 3.04. The molecule has 1 heterocycles. The molecule has 0 aliphatic rings. The number of nitrogens with two attached hydrogens (primary N) is 1. The molecule has 2 rings (SSSR count). The maximum absolute atomic E-state index is 14.1. The number of nitrogens with zero attached hydrogens (tertiary/aromatic N) is 1. The molecule has 1 atom stereocenters. The van der Waals surface area contributed by atoms with Gasteiger partial charge in [0.2, 0.25) is 0 Å². The molecule has 0 bridgehead atoms. The molecule has 0 aliphatic carbocycles. The van der Waals surface area contributed by atoms with Crippen molar-refractivity contribution >= 4 is 28.6 Å². The summed E-state index contributed by atoms with van der Waals surface area (Å²) in [5.41, 5.74) is 5.12. The highest BCUT2D eigenvalue weighted by atomic mass is 35.5. The lowest BCUT2D eigenvalue weighted by molar-refractivity contribution is 0.0544. The molecular weight excluding hydrogens is 311 g/mol. The summed E-state index contributed by atoms with van der Waals surface area (Å²) in [4.78, 5) is 12.2. The average Bonchev–Trinajstić information content (AvgIpc) is 2.64. The predicted molar refractivity (Wildman–Crippen MR) is 82.4 cm³/mol. The Morgan fingerprint density at radius 3 is 2.68 bits per heavy atom. The lowest BCUT2D eigenvalue weighted by Crippen LogP contribution is -2.26. The van der Waals surface area contributed by atoms with Crippen molar-refractivity contribution < 1.29 is 19.0 Å². The van der Waals surface area contributed by atoms with Gasteiger partial charge in [0.1, 0.15) is 17.6 Å². The van der Waals surface area contributed by atoms with E-state index in [9.17, 15) is 14.3 Å². The van der Waals surface area contributed by atoms with Gasteiger partial charge in [-0.05, 0) is 38.5 Å². The smallest absolute Gasteiger partial charge is 0.419 e. The van der Waals surface area contributed by atoms with Gasteiger partial charge in [0.25, 0.3) is 0 Å². The van der Waals surface area contributed by atoms with Crippen molar-refractivity contribution in [1.82, 2.24) is 4.57 Å². The number of fused-ring (bicyclic) bond motifs is 1. The second-order valence-corrected chi connectivity index (χ2v) is 6.47. The third-order valence-corrected chi connectivity index (χ3v) is 3.24. The number of aliphatic hydroxyl groups is 1. The number of ether oxygens (including phenoxy) is 1. The van der Waals surface area contributed by atoms with Crippen molar-refractivity contribution in [2.24, 2.45) is 5.73 Å². The summed E-state index contributed by atoms with van der Waals surface area (Å²) in [6, 6.07) is 2.66. The summed E-state index contributed by atoms with van der Waals surface area (Å²) >= 11 is 6.11. The second-order valence-electron chi connectivity index (χ2n) is 6.06. The van der Waals surface area contributed by atoms with E-state index in [1.165, 1.54) is 18.3 Å². The zero-order valence-electron chi connectivity index (χ0n) is 12.6. The Balaban J connectivity index is 2.51. The van der Waals surface area contributed by atoms with E-state index in [1.807, 2.05) is 0 Å². The third-order valence-electron chi connectivity index (χ3n) is 2.94.